The standard InChI is InChI=1S/C48H32N2/c1-3-14-33(15-4-1)36-28-31-46(42(32-36)34-16-5-2-6-17-34)50-45-24-12-9-20-41(45)48-38(21-13-25-47(48)50)35-26-29-37(30-27-35)49-43-22-10-7-18-39(43)40-19-8-11-23-44(40)49/h1-32H. The van der Waals surface area contributed by atoms with Crippen molar-refractivity contribution in [1.29, 1.82) is 0 Å². The zero-order valence-electron chi connectivity index (χ0n) is 27.4. The van der Waals surface area contributed by atoms with Gasteiger partial charge in [-0.15, -0.1) is 0 Å². The Kier molecular flexibility index (Phi) is 6.53. The van der Waals surface area contributed by atoms with E-state index < -0.39 is 0 Å². The van der Waals surface area contributed by atoms with Gasteiger partial charge in [-0.25, -0.2) is 0 Å². The molecular formula is C48H32N2. The van der Waals surface area contributed by atoms with Crippen molar-refractivity contribution in [3.05, 3.63) is 194 Å². The molecule has 0 aliphatic heterocycles. The van der Waals surface area contributed by atoms with E-state index in [1.807, 2.05) is 0 Å². The Labute approximate surface area is 290 Å². The van der Waals surface area contributed by atoms with E-state index in [4.69, 9.17) is 0 Å². The maximum atomic E-state index is 2.46. The Morgan fingerprint density at radius 1 is 0.280 bits per heavy atom. The molecule has 10 aromatic rings. The summed E-state index contributed by atoms with van der Waals surface area (Å²) in [5.74, 6) is 0. The zero-order chi connectivity index (χ0) is 33.0. The van der Waals surface area contributed by atoms with Gasteiger partial charge in [0.25, 0.3) is 0 Å². The third-order valence-electron chi connectivity index (χ3n) is 10.1. The van der Waals surface area contributed by atoms with Crippen LogP contribution in [-0.4, -0.2) is 9.13 Å². The largest absolute Gasteiger partial charge is 0.309 e. The Morgan fingerprint density at radius 2 is 0.780 bits per heavy atom. The number of benzene rings is 8. The fourth-order valence-electron chi connectivity index (χ4n) is 7.90. The number of rotatable bonds is 5. The van der Waals surface area contributed by atoms with Gasteiger partial charge >= 0.3 is 0 Å². The molecule has 2 nitrogen and oxygen atoms in total. The molecule has 0 saturated carbocycles. The Hall–Kier alpha value is -6.64. The van der Waals surface area contributed by atoms with Crippen LogP contribution in [0.2, 0.25) is 0 Å². The van der Waals surface area contributed by atoms with Crippen molar-refractivity contribution in [2.24, 2.45) is 0 Å². The number of para-hydroxylation sites is 3. The van der Waals surface area contributed by atoms with Gasteiger partial charge in [0.05, 0.1) is 27.8 Å². The fraction of sp³-hybridized carbons (Fsp3) is 0. The number of nitrogens with zero attached hydrogens (tertiary/aromatic N) is 2. The minimum atomic E-state index is 1.16. The van der Waals surface area contributed by atoms with E-state index in [1.165, 1.54) is 82.7 Å². The lowest BCUT2D eigenvalue weighted by atomic mass is 9.97. The van der Waals surface area contributed by atoms with Crippen LogP contribution < -0.4 is 0 Å². The lowest BCUT2D eigenvalue weighted by Gasteiger charge is -2.16. The van der Waals surface area contributed by atoms with E-state index in [9.17, 15) is 0 Å². The molecule has 8 aromatic carbocycles. The number of fused-ring (bicyclic) bond motifs is 6. The second kappa shape index (κ2) is 11.5. The van der Waals surface area contributed by atoms with Crippen LogP contribution in [0.15, 0.2) is 194 Å². The summed E-state index contributed by atoms with van der Waals surface area (Å²) in [6.07, 6.45) is 0. The minimum Gasteiger partial charge on any atom is -0.309 e. The molecule has 2 heterocycles. The lowest BCUT2D eigenvalue weighted by molar-refractivity contribution is 1.18. The molecule has 0 amide bonds. The molecule has 0 saturated heterocycles. The molecule has 0 spiro atoms. The molecule has 234 valence electrons. The summed E-state index contributed by atoms with van der Waals surface area (Å²) in [5.41, 5.74) is 14.4. The highest BCUT2D eigenvalue weighted by Gasteiger charge is 2.19. The van der Waals surface area contributed by atoms with Crippen LogP contribution in [-0.2, 0) is 0 Å². The van der Waals surface area contributed by atoms with Crippen LogP contribution in [0.5, 0.6) is 0 Å². The van der Waals surface area contributed by atoms with Gasteiger partial charge in [-0.2, -0.15) is 0 Å². The summed E-state index contributed by atoms with van der Waals surface area (Å²) in [5, 5.41) is 5.06. The van der Waals surface area contributed by atoms with Crippen LogP contribution in [0.1, 0.15) is 0 Å². The van der Waals surface area contributed by atoms with Crippen molar-refractivity contribution >= 4 is 43.6 Å². The van der Waals surface area contributed by atoms with Crippen molar-refractivity contribution in [3.8, 4) is 44.8 Å². The number of hydrogen-bond donors (Lipinski definition) is 0. The Balaban J connectivity index is 1.17. The van der Waals surface area contributed by atoms with E-state index in [-0.39, 0.29) is 0 Å². The third-order valence-corrected chi connectivity index (χ3v) is 10.1. The molecule has 0 radical (unpaired) electrons. The van der Waals surface area contributed by atoms with Crippen molar-refractivity contribution in [1.82, 2.24) is 9.13 Å². The molecule has 10 rings (SSSR count). The first-order valence-electron chi connectivity index (χ1n) is 17.2. The molecule has 0 fully saturated rings. The summed E-state index contributed by atoms with van der Waals surface area (Å²) in [7, 11) is 0. The van der Waals surface area contributed by atoms with Gasteiger partial charge in [0, 0.05) is 32.8 Å². The summed E-state index contributed by atoms with van der Waals surface area (Å²) in [6, 6.07) is 70.4. The first-order chi connectivity index (χ1) is 24.8. The number of aromatic nitrogens is 2. The van der Waals surface area contributed by atoms with Gasteiger partial charge in [0.1, 0.15) is 0 Å². The highest BCUT2D eigenvalue weighted by atomic mass is 15.0. The summed E-state index contributed by atoms with van der Waals surface area (Å²) >= 11 is 0. The monoisotopic (exact) mass is 636 g/mol. The van der Waals surface area contributed by atoms with Crippen LogP contribution in [0.3, 0.4) is 0 Å². The molecule has 50 heavy (non-hydrogen) atoms. The van der Waals surface area contributed by atoms with Crippen LogP contribution in [0.25, 0.3) is 88.4 Å². The highest BCUT2D eigenvalue weighted by Crippen LogP contribution is 2.42. The molecule has 0 aliphatic carbocycles. The van der Waals surface area contributed by atoms with Crippen molar-refractivity contribution in [2.75, 3.05) is 0 Å². The molecule has 0 bridgehead atoms. The topological polar surface area (TPSA) is 9.86 Å². The maximum Gasteiger partial charge on any atom is 0.0547 e. The van der Waals surface area contributed by atoms with Crippen LogP contribution in [0.4, 0.5) is 0 Å². The first kappa shape index (κ1) is 28.4. The summed E-state index contributed by atoms with van der Waals surface area (Å²) in [4.78, 5) is 0. The van der Waals surface area contributed by atoms with E-state index >= 15 is 0 Å². The zero-order valence-corrected chi connectivity index (χ0v) is 27.4. The molecule has 0 unspecified atom stereocenters. The highest BCUT2D eigenvalue weighted by molar-refractivity contribution is 6.16. The molecule has 0 atom stereocenters. The third kappa shape index (κ3) is 4.43. The first-order valence-corrected chi connectivity index (χ1v) is 17.2. The van der Waals surface area contributed by atoms with E-state index in [1.54, 1.807) is 0 Å². The van der Waals surface area contributed by atoms with Gasteiger partial charge in [0.15, 0.2) is 0 Å². The van der Waals surface area contributed by atoms with E-state index in [2.05, 4.69) is 203 Å². The van der Waals surface area contributed by atoms with E-state index in [0.29, 0.717) is 0 Å². The quantitative estimate of drug-likeness (QED) is 0.178. The predicted molar refractivity (Wildman–Crippen MR) is 211 cm³/mol. The van der Waals surface area contributed by atoms with Crippen molar-refractivity contribution in [2.45, 2.75) is 0 Å². The second-order valence-electron chi connectivity index (χ2n) is 12.9. The summed E-state index contributed by atoms with van der Waals surface area (Å²) < 4.78 is 4.84. The van der Waals surface area contributed by atoms with Crippen LogP contribution in [0, 0.1) is 0 Å². The normalized spacial score (nSPS) is 11.6. The van der Waals surface area contributed by atoms with Gasteiger partial charge < -0.3 is 9.13 Å². The average molecular weight is 637 g/mol. The van der Waals surface area contributed by atoms with Gasteiger partial charge in [-0.3, -0.25) is 0 Å². The predicted octanol–water partition coefficient (Wildman–Crippen LogP) is 12.9. The Bertz CT molecular complexity index is 2790. The lowest BCUT2D eigenvalue weighted by Crippen LogP contribution is -1.98. The van der Waals surface area contributed by atoms with Gasteiger partial charge in [0.2, 0.25) is 0 Å². The SMILES string of the molecule is c1ccc(-c2ccc(-n3c4ccccc4c4c(-c5ccc(-n6c7ccccc7c7ccccc76)cc5)cccc43)c(-c3ccccc3)c2)cc1. The van der Waals surface area contributed by atoms with E-state index in [0.717, 1.165) is 5.69 Å². The van der Waals surface area contributed by atoms with Crippen LogP contribution >= 0.6 is 0 Å². The minimum absolute atomic E-state index is 1.16. The molecule has 2 heteroatoms. The maximum absolute atomic E-state index is 2.46. The van der Waals surface area contributed by atoms with Gasteiger partial charge in [-0.1, -0.05) is 146 Å². The number of hydrogen-bond acceptors (Lipinski definition) is 0. The van der Waals surface area contributed by atoms with Crippen molar-refractivity contribution < 1.29 is 0 Å². The Morgan fingerprint density at radius 3 is 1.44 bits per heavy atom. The molecule has 0 aliphatic rings. The van der Waals surface area contributed by atoms with Crippen molar-refractivity contribution in [3.63, 3.8) is 0 Å². The van der Waals surface area contributed by atoms with Gasteiger partial charge in [-0.05, 0) is 76.3 Å². The summed E-state index contributed by atoms with van der Waals surface area (Å²) in [6.45, 7) is 0. The molecular weight excluding hydrogens is 605 g/mol. The molecule has 0 N–H and O–H groups in total. The smallest absolute Gasteiger partial charge is 0.0547 e. The average Bonchev–Trinajstić information content (AvgIpc) is 3.72. The second-order valence-corrected chi connectivity index (χ2v) is 12.9. The fourth-order valence-corrected chi connectivity index (χ4v) is 7.90. The molecule has 2 aromatic heterocycles.